The molecule has 0 spiro atoms. The van der Waals surface area contributed by atoms with Crippen LogP contribution in [0.25, 0.3) is 0 Å². The molecule has 0 aliphatic rings. The standard InChI is InChI=1S/C10H16IN5O/c1-4-6-5-7(16(3)15-6)9(17)8(10(11)12)14-13-2/h5,9,12-13,17H,4H2,1-3H3/b12-10?,14-8-. The Morgan fingerprint density at radius 3 is 2.82 bits per heavy atom. The summed E-state index contributed by atoms with van der Waals surface area (Å²) in [5, 5.41) is 26.0. The van der Waals surface area contributed by atoms with Crippen molar-refractivity contribution < 1.29 is 5.11 Å². The highest BCUT2D eigenvalue weighted by Gasteiger charge is 2.22. The Kier molecular flexibility index (Phi) is 5.06. The first-order valence-corrected chi connectivity index (χ1v) is 6.28. The van der Waals surface area contributed by atoms with Gasteiger partial charge in [-0.15, -0.1) is 0 Å². The van der Waals surface area contributed by atoms with Gasteiger partial charge >= 0.3 is 0 Å². The Labute approximate surface area is 114 Å². The molecule has 1 unspecified atom stereocenters. The number of hydrazone groups is 1. The average molecular weight is 349 g/mol. The summed E-state index contributed by atoms with van der Waals surface area (Å²) in [5.41, 5.74) is 4.43. The lowest BCUT2D eigenvalue weighted by molar-refractivity contribution is 0.238. The van der Waals surface area contributed by atoms with E-state index in [0.29, 0.717) is 11.4 Å². The first kappa shape index (κ1) is 14.1. The van der Waals surface area contributed by atoms with E-state index in [2.05, 4.69) is 15.6 Å². The number of rotatable bonds is 5. The van der Waals surface area contributed by atoms with Crippen LogP contribution in [0.5, 0.6) is 0 Å². The van der Waals surface area contributed by atoms with Gasteiger partial charge in [0, 0.05) is 14.1 Å². The highest BCUT2D eigenvalue weighted by atomic mass is 127. The highest BCUT2D eigenvalue weighted by molar-refractivity contribution is 14.1. The Morgan fingerprint density at radius 2 is 2.41 bits per heavy atom. The van der Waals surface area contributed by atoms with Crippen LogP contribution in [0, 0.1) is 5.41 Å². The van der Waals surface area contributed by atoms with Crippen molar-refractivity contribution in [1.29, 1.82) is 5.41 Å². The number of halogens is 1. The van der Waals surface area contributed by atoms with E-state index in [-0.39, 0.29) is 3.72 Å². The van der Waals surface area contributed by atoms with Crippen molar-refractivity contribution in [2.24, 2.45) is 12.1 Å². The summed E-state index contributed by atoms with van der Waals surface area (Å²) in [5.74, 6) is 0. The van der Waals surface area contributed by atoms with Gasteiger partial charge in [0.15, 0.2) is 0 Å². The third-order valence-corrected chi connectivity index (χ3v) is 2.88. The minimum atomic E-state index is -0.940. The molecule has 1 atom stereocenters. The van der Waals surface area contributed by atoms with Crippen LogP contribution in [0.4, 0.5) is 0 Å². The summed E-state index contributed by atoms with van der Waals surface area (Å²) in [6, 6.07) is 1.83. The Morgan fingerprint density at radius 1 is 1.76 bits per heavy atom. The maximum absolute atomic E-state index is 10.2. The van der Waals surface area contributed by atoms with Gasteiger partial charge in [-0.1, -0.05) is 6.92 Å². The van der Waals surface area contributed by atoms with Crippen LogP contribution in [-0.4, -0.2) is 31.4 Å². The normalized spacial score (nSPS) is 13.6. The van der Waals surface area contributed by atoms with E-state index in [0.717, 1.165) is 12.1 Å². The van der Waals surface area contributed by atoms with Gasteiger partial charge in [0.1, 0.15) is 15.5 Å². The van der Waals surface area contributed by atoms with E-state index in [4.69, 9.17) is 5.41 Å². The molecule has 7 heteroatoms. The van der Waals surface area contributed by atoms with Crippen molar-refractivity contribution >= 4 is 32.0 Å². The molecule has 0 aliphatic heterocycles. The predicted octanol–water partition coefficient (Wildman–Crippen LogP) is 1.00. The molecule has 0 bridgehead atoms. The number of aliphatic hydroxyl groups excluding tert-OH is 1. The minimum absolute atomic E-state index is 0.198. The molecule has 1 rings (SSSR count). The smallest absolute Gasteiger partial charge is 0.142 e. The number of aliphatic hydroxyl groups is 1. The second kappa shape index (κ2) is 6.10. The molecule has 1 heterocycles. The lowest BCUT2D eigenvalue weighted by Crippen LogP contribution is -2.22. The molecule has 0 aliphatic carbocycles. The van der Waals surface area contributed by atoms with Gasteiger partial charge in [0.05, 0.1) is 11.4 Å². The number of aromatic nitrogens is 2. The molecule has 94 valence electrons. The van der Waals surface area contributed by atoms with Gasteiger partial charge in [-0.2, -0.15) is 10.2 Å². The van der Waals surface area contributed by atoms with Crippen molar-refractivity contribution in [3.8, 4) is 0 Å². The molecule has 1 aromatic rings. The van der Waals surface area contributed by atoms with Crippen LogP contribution < -0.4 is 5.43 Å². The lowest BCUT2D eigenvalue weighted by Gasteiger charge is -2.12. The van der Waals surface area contributed by atoms with Gasteiger partial charge in [0.25, 0.3) is 0 Å². The monoisotopic (exact) mass is 349 g/mol. The minimum Gasteiger partial charge on any atom is -0.380 e. The van der Waals surface area contributed by atoms with Crippen molar-refractivity contribution in [2.45, 2.75) is 19.4 Å². The zero-order valence-corrected chi connectivity index (χ0v) is 12.2. The van der Waals surface area contributed by atoms with Gasteiger partial charge in [0.2, 0.25) is 0 Å². The number of hydrogen-bond donors (Lipinski definition) is 3. The molecule has 0 aromatic carbocycles. The second-order valence-corrected chi connectivity index (χ2v) is 4.55. The highest BCUT2D eigenvalue weighted by Crippen LogP contribution is 2.17. The number of aryl methyl sites for hydroxylation is 2. The first-order chi connectivity index (χ1) is 8.01. The number of hydrogen-bond acceptors (Lipinski definition) is 5. The largest absolute Gasteiger partial charge is 0.380 e. The molecule has 17 heavy (non-hydrogen) atoms. The van der Waals surface area contributed by atoms with Crippen molar-refractivity contribution in [1.82, 2.24) is 15.2 Å². The first-order valence-electron chi connectivity index (χ1n) is 5.20. The maximum atomic E-state index is 10.2. The van der Waals surface area contributed by atoms with E-state index in [9.17, 15) is 5.11 Å². The fourth-order valence-corrected chi connectivity index (χ4v) is 1.88. The lowest BCUT2D eigenvalue weighted by atomic mass is 10.1. The fourth-order valence-electron chi connectivity index (χ4n) is 1.46. The molecular formula is C10H16IN5O. The SMILES string of the molecule is CCc1cc(C(O)/C(=N/NC)C(=N)I)n(C)n1. The van der Waals surface area contributed by atoms with E-state index in [1.165, 1.54) is 0 Å². The third-order valence-electron chi connectivity index (χ3n) is 2.33. The summed E-state index contributed by atoms with van der Waals surface area (Å²) >= 11 is 1.82. The van der Waals surface area contributed by atoms with Crippen LogP contribution in [0.15, 0.2) is 11.2 Å². The van der Waals surface area contributed by atoms with Crippen molar-refractivity contribution in [3.63, 3.8) is 0 Å². The van der Waals surface area contributed by atoms with E-state index in [1.54, 1.807) is 18.8 Å². The van der Waals surface area contributed by atoms with Crippen LogP contribution >= 0.6 is 22.6 Å². The van der Waals surface area contributed by atoms with Crippen molar-refractivity contribution in [3.05, 3.63) is 17.5 Å². The Hall–Kier alpha value is -0.960. The molecule has 0 fully saturated rings. The van der Waals surface area contributed by atoms with Crippen LogP contribution in [0.1, 0.15) is 24.4 Å². The van der Waals surface area contributed by atoms with Gasteiger partial charge in [-0.05, 0) is 35.1 Å². The zero-order valence-electron chi connectivity index (χ0n) is 10.0. The van der Waals surface area contributed by atoms with Crippen molar-refractivity contribution in [2.75, 3.05) is 7.05 Å². The van der Waals surface area contributed by atoms with E-state index < -0.39 is 6.10 Å². The van der Waals surface area contributed by atoms with Gasteiger partial charge in [-0.3, -0.25) is 10.1 Å². The topological polar surface area (TPSA) is 86.3 Å². The third kappa shape index (κ3) is 3.25. The molecule has 0 amide bonds. The van der Waals surface area contributed by atoms with Gasteiger partial charge < -0.3 is 10.5 Å². The molecular weight excluding hydrogens is 333 g/mol. The fraction of sp³-hybridized carbons (Fsp3) is 0.500. The van der Waals surface area contributed by atoms with Crippen LogP contribution in [-0.2, 0) is 13.5 Å². The Balaban J connectivity index is 3.09. The quantitative estimate of drug-likeness (QED) is 0.421. The number of nitrogens with one attached hydrogen (secondary N) is 2. The molecule has 0 radical (unpaired) electrons. The average Bonchev–Trinajstić information content (AvgIpc) is 2.66. The summed E-state index contributed by atoms with van der Waals surface area (Å²) in [6.07, 6.45) is -0.134. The molecule has 0 saturated heterocycles. The molecule has 1 aromatic heterocycles. The zero-order chi connectivity index (χ0) is 13.0. The summed E-state index contributed by atoms with van der Waals surface area (Å²) in [4.78, 5) is 0. The van der Waals surface area contributed by atoms with E-state index in [1.807, 2.05) is 35.6 Å². The summed E-state index contributed by atoms with van der Waals surface area (Å²) < 4.78 is 1.82. The maximum Gasteiger partial charge on any atom is 0.142 e. The molecule has 3 N–H and O–H groups in total. The van der Waals surface area contributed by atoms with Gasteiger partial charge in [-0.25, -0.2) is 0 Å². The summed E-state index contributed by atoms with van der Waals surface area (Å²) in [6.45, 7) is 2.00. The second-order valence-electron chi connectivity index (χ2n) is 3.47. The van der Waals surface area contributed by atoms with E-state index >= 15 is 0 Å². The van der Waals surface area contributed by atoms with Crippen LogP contribution in [0.2, 0.25) is 0 Å². The summed E-state index contributed by atoms with van der Waals surface area (Å²) in [7, 11) is 3.40. The predicted molar refractivity (Wildman–Crippen MR) is 75.8 cm³/mol. The van der Waals surface area contributed by atoms with Crippen LogP contribution in [0.3, 0.4) is 0 Å². The molecule has 6 nitrogen and oxygen atoms in total. The number of nitrogens with zero attached hydrogens (tertiary/aromatic N) is 3. The Bertz CT molecular complexity index is 440. The molecule has 0 saturated carbocycles.